The van der Waals surface area contributed by atoms with Crippen LogP contribution in [0.15, 0.2) is 41.8 Å². The Hall–Kier alpha value is -3.00. The first kappa shape index (κ1) is 18.8. The van der Waals surface area contributed by atoms with Crippen LogP contribution in [-0.2, 0) is 32.1 Å². The number of nitrogens with zero attached hydrogens (tertiary/aromatic N) is 1. The van der Waals surface area contributed by atoms with Gasteiger partial charge in [-0.3, -0.25) is 24.1 Å². The lowest BCUT2D eigenvalue weighted by atomic mass is 10.1. The van der Waals surface area contributed by atoms with Crippen molar-refractivity contribution in [1.29, 1.82) is 0 Å². The molecule has 27 heavy (non-hydrogen) atoms. The molecular formula is C19H19N3O4S. The van der Waals surface area contributed by atoms with E-state index in [0.29, 0.717) is 12.2 Å². The van der Waals surface area contributed by atoms with Crippen molar-refractivity contribution in [3.63, 3.8) is 0 Å². The monoisotopic (exact) mass is 385 g/mol. The molecular weight excluding hydrogens is 366 g/mol. The Morgan fingerprint density at radius 2 is 1.70 bits per heavy atom. The Bertz CT molecular complexity index is 830. The van der Waals surface area contributed by atoms with Crippen molar-refractivity contribution in [1.82, 2.24) is 10.2 Å². The second-order valence-corrected chi connectivity index (χ2v) is 7.18. The predicted molar refractivity (Wildman–Crippen MR) is 101 cm³/mol. The van der Waals surface area contributed by atoms with E-state index >= 15 is 0 Å². The van der Waals surface area contributed by atoms with E-state index in [4.69, 9.17) is 0 Å². The molecule has 7 nitrogen and oxygen atoms in total. The summed E-state index contributed by atoms with van der Waals surface area (Å²) in [7, 11) is 0. The highest BCUT2D eigenvalue weighted by atomic mass is 32.1. The standard InChI is InChI=1S/C19H19N3O4S/c23-16(20-11-15-2-1-9-27-15)10-13-3-5-14(6-4-13)21-17(24)12-22-18(25)7-8-19(22)26/h1-6,9H,7-8,10-12H2,(H,20,23)(H,21,24). The van der Waals surface area contributed by atoms with Crippen LogP contribution < -0.4 is 10.6 Å². The van der Waals surface area contributed by atoms with Gasteiger partial charge < -0.3 is 10.6 Å². The minimum absolute atomic E-state index is 0.0776. The normalized spacial score (nSPS) is 13.7. The van der Waals surface area contributed by atoms with Gasteiger partial charge in [0.15, 0.2) is 0 Å². The fourth-order valence-electron chi connectivity index (χ4n) is 2.70. The van der Waals surface area contributed by atoms with Crippen molar-refractivity contribution in [3.05, 3.63) is 52.2 Å². The Balaban J connectivity index is 1.46. The fraction of sp³-hybridized carbons (Fsp3) is 0.263. The van der Waals surface area contributed by atoms with Gasteiger partial charge >= 0.3 is 0 Å². The Morgan fingerprint density at radius 1 is 1.00 bits per heavy atom. The number of benzene rings is 1. The lowest BCUT2D eigenvalue weighted by Gasteiger charge is -2.13. The predicted octanol–water partition coefficient (Wildman–Crippen LogP) is 1.69. The lowest BCUT2D eigenvalue weighted by Crippen LogP contribution is -2.36. The van der Waals surface area contributed by atoms with Crippen LogP contribution in [0.4, 0.5) is 5.69 Å². The van der Waals surface area contributed by atoms with Gasteiger partial charge in [-0.2, -0.15) is 0 Å². The smallest absolute Gasteiger partial charge is 0.244 e. The van der Waals surface area contributed by atoms with Crippen LogP contribution in [0.2, 0.25) is 0 Å². The second-order valence-electron chi connectivity index (χ2n) is 6.15. The molecule has 1 fully saturated rings. The van der Waals surface area contributed by atoms with Gasteiger partial charge in [0.25, 0.3) is 0 Å². The second kappa shape index (κ2) is 8.59. The van der Waals surface area contributed by atoms with Gasteiger partial charge in [-0.1, -0.05) is 18.2 Å². The van der Waals surface area contributed by atoms with E-state index in [9.17, 15) is 19.2 Å². The van der Waals surface area contributed by atoms with Gasteiger partial charge in [0.1, 0.15) is 6.54 Å². The minimum Gasteiger partial charge on any atom is -0.351 e. The molecule has 0 bridgehead atoms. The third-order valence-corrected chi connectivity index (χ3v) is 4.98. The van der Waals surface area contributed by atoms with Crippen LogP contribution in [-0.4, -0.2) is 35.1 Å². The molecule has 0 unspecified atom stereocenters. The number of likely N-dealkylation sites (tertiary alicyclic amines) is 1. The first-order chi connectivity index (χ1) is 13.0. The summed E-state index contributed by atoms with van der Waals surface area (Å²) in [6.07, 6.45) is 0.571. The summed E-state index contributed by atoms with van der Waals surface area (Å²) in [6, 6.07) is 10.8. The topological polar surface area (TPSA) is 95.6 Å². The van der Waals surface area contributed by atoms with Crippen LogP contribution >= 0.6 is 11.3 Å². The van der Waals surface area contributed by atoms with Crippen molar-refractivity contribution in [2.45, 2.75) is 25.8 Å². The number of thiophene rings is 1. The van der Waals surface area contributed by atoms with Crippen molar-refractivity contribution in [2.24, 2.45) is 0 Å². The average molecular weight is 385 g/mol. The van der Waals surface area contributed by atoms with E-state index in [-0.39, 0.29) is 43.5 Å². The molecule has 2 N–H and O–H groups in total. The van der Waals surface area contributed by atoms with Gasteiger partial charge in [-0.15, -0.1) is 11.3 Å². The van der Waals surface area contributed by atoms with Crippen LogP contribution in [0.1, 0.15) is 23.3 Å². The Labute approximate surface area is 160 Å². The number of anilines is 1. The maximum atomic E-state index is 12.0. The quantitative estimate of drug-likeness (QED) is 0.709. The zero-order valence-corrected chi connectivity index (χ0v) is 15.4. The third-order valence-electron chi connectivity index (χ3n) is 4.10. The lowest BCUT2D eigenvalue weighted by molar-refractivity contribution is -0.141. The Morgan fingerprint density at radius 3 is 2.33 bits per heavy atom. The van der Waals surface area contributed by atoms with E-state index in [1.54, 1.807) is 35.6 Å². The summed E-state index contributed by atoms with van der Waals surface area (Å²) >= 11 is 1.59. The molecule has 0 saturated carbocycles. The molecule has 0 spiro atoms. The molecule has 2 aromatic rings. The van der Waals surface area contributed by atoms with E-state index in [0.717, 1.165) is 15.3 Å². The number of amides is 4. The van der Waals surface area contributed by atoms with Crippen molar-refractivity contribution in [3.8, 4) is 0 Å². The molecule has 0 aliphatic carbocycles. The summed E-state index contributed by atoms with van der Waals surface area (Å²) in [5, 5.41) is 7.47. The molecule has 4 amide bonds. The van der Waals surface area contributed by atoms with Crippen molar-refractivity contribution >= 4 is 40.7 Å². The molecule has 1 saturated heterocycles. The Kier molecular flexibility index (Phi) is 5.97. The van der Waals surface area contributed by atoms with E-state index in [1.807, 2.05) is 17.5 Å². The van der Waals surface area contributed by atoms with Gasteiger partial charge in [-0.25, -0.2) is 0 Å². The molecule has 1 aliphatic rings. The first-order valence-electron chi connectivity index (χ1n) is 8.52. The number of hydrogen-bond acceptors (Lipinski definition) is 5. The highest BCUT2D eigenvalue weighted by molar-refractivity contribution is 7.09. The number of hydrogen-bond donors (Lipinski definition) is 2. The molecule has 1 aromatic carbocycles. The van der Waals surface area contributed by atoms with E-state index < -0.39 is 5.91 Å². The summed E-state index contributed by atoms with van der Waals surface area (Å²) in [5.74, 6) is -1.15. The van der Waals surface area contributed by atoms with Gasteiger partial charge in [0, 0.05) is 23.4 Å². The van der Waals surface area contributed by atoms with E-state index in [1.165, 1.54) is 0 Å². The molecule has 1 aliphatic heterocycles. The van der Waals surface area contributed by atoms with Crippen molar-refractivity contribution in [2.75, 3.05) is 11.9 Å². The largest absolute Gasteiger partial charge is 0.351 e. The molecule has 140 valence electrons. The zero-order chi connectivity index (χ0) is 19.2. The summed E-state index contributed by atoms with van der Waals surface area (Å²) in [5.41, 5.74) is 1.36. The zero-order valence-electron chi connectivity index (χ0n) is 14.6. The number of carbonyl (C=O) groups excluding carboxylic acids is 4. The molecule has 0 radical (unpaired) electrons. The maximum Gasteiger partial charge on any atom is 0.244 e. The number of imide groups is 1. The molecule has 2 heterocycles. The third kappa shape index (κ3) is 5.24. The number of rotatable bonds is 7. The van der Waals surface area contributed by atoms with Gasteiger partial charge in [-0.05, 0) is 29.1 Å². The highest BCUT2D eigenvalue weighted by Crippen LogP contribution is 2.13. The molecule has 3 rings (SSSR count). The van der Waals surface area contributed by atoms with Crippen LogP contribution in [0.25, 0.3) is 0 Å². The minimum atomic E-state index is -0.431. The van der Waals surface area contributed by atoms with Gasteiger partial charge in [0.2, 0.25) is 23.6 Å². The average Bonchev–Trinajstić information content (AvgIpc) is 3.27. The summed E-state index contributed by atoms with van der Waals surface area (Å²) < 4.78 is 0. The summed E-state index contributed by atoms with van der Waals surface area (Å²) in [4.78, 5) is 49.1. The maximum absolute atomic E-state index is 12.0. The molecule has 0 atom stereocenters. The molecule has 8 heteroatoms. The fourth-order valence-corrected chi connectivity index (χ4v) is 3.34. The first-order valence-corrected chi connectivity index (χ1v) is 9.40. The SMILES string of the molecule is O=C(Cc1ccc(NC(=O)CN2C(=O)CCC2=O)cc1)NCc1cccs1. The highest BCUT2D eigenvalue weighted by Gasteiger charge is 2.30. The van der Waals surface area contributed by atoms with E-state index in [2.05, 4.69) is 10.6 Å². The number of carbonyl (C=O) groups is 4. The summed E-state index contributed by atoms with van der Waals surface area (Å²) in [6.45, 7) is 0.239. The van der Waals surface area contributed by atoms with Gasteiger partial charge in [0.05, 0.1) is 13.0 Å². The van der Waals surface area contributed by atoms with Crippen LogP contribution in [0, 0.1) is 0 Å². The van der Waals surface area contributed by atoms with Crippen LogP contribution in [0.3, 0.4) is 0 Å². The number of nitrogens with one attached hydrogen (secondary N) is 2. The van der Waals surface area contributed by atoms with Crippen molar-refractivity contribution < 1.29 is 19.2 Å². The molecule has 1 aromatic heterocycles. The van der Waals surface area contributed by atoms with Crippen LogP contribution in [0.5, 0.6) is 0 Å².